The topological polar surface area (TPSA) is 53.4 Å². The monoisotopic (exact) mass is 256 g/mol. The number of nitrogens with zero attached hydrogens (tertiary/aromatic N) is 2. The molecule has 0 aliphatic rings. The standard InChI is InChI=1S/C12H20N2O2S/c1-5-10-13-8(2)12(17-10)9(3)14(4)7-6-11(15)16/h9H,5-7H2,1-4H3,(H,15,16). The van der Waals surface area contributed by atoms with Gasteiger partial charge in [-0.2, -0.15) is 0 Å². The van der Waals surface area contributed by atoms with Crippen molar-refractivity contribution >= 4 is 17.3 Å². The van der Waals surface area contributed by atoms with Crippen LogP contribution in [0.1, 0.15) is 41.9 Å². The molecule has 5 heteroatoms. The van der Waals surface area contributed by atoms with Crippen molar-refractivity contribution in [1.82, 2.24) is 9.88 Å². The Labute approximate surface area is 106 Å². The molecule has 1 atom stereocenters. The van der Waals surface area contributed by atoms with E-state index in [2.05, 4.69) is 23.7 Å². The molecule has 0 saturated heterocycles. The summed E-state index contributed by atoms with van der Waals surface area (Å²) in [4.78, 5) is 18.4. The van der Waals surface area contributed by atoms with Gasteiger partial charge >= 0.3 is 5.97 Å². The highest BCUT2D eigenvalue weighted by molar-refractivity contribution is 7.11. The van der Waals surface area contributed by atoms with Gasteiger partial charge in [-0.1, -0.05) is 6.92 Å². The largest absolute Gasteiger partial charge is 0.481 e. The molecule has 1 aromatic rings. The van der Waals surface area contributed by atoms with Crippen molar-refractivity contribution < 1.29 is 9.90 Å². The summed E-state index contributed by atoms with van der Waals surface area (Å²) in [6.07, 6.45) is 1.14. The lowest BCUT2D eigenvalue weighted by Crippen LogP contribution is -2.25. The second-order valence-electron chi connectivity index (χ2n) is 4.21. The molecular weight excluding hydrogens is 236 g/mol. The highest BCUT2D eigenvalue weighted by atomic mass is 32.1. The summed E-state index contributed by atoms with van der Waals surface area (Å²) in [6, 6.07) is 0.229. The first-order valence-electron chi connectivity index (χ1n) is 5.84. The molecule has 0 amide bonds. The van der Waals surface area contributed by atoms with Crippen LogP contribution in [-0.2, 0) is 11.2 Å². The smallest absolute Gasteiger partial charge is 0.304 e. The quantitative estimate of drug-likeness (QED) is 0.849. The number of carbonyl (C=O) groups is 1. The summed E-state index contributed by atoms with van der Waals surface area (Å²) in [5.74, 6) is -0.751. The minimum atomic E-state index is -0.751. The van der Waals surface area contributed by atoms with Gasteiger partial charge in [-0.3, -0.25) is 9.69 Å². The Morgan fingerprint density at radius 2 is 2.24 bits per heavy atom. The fourth-order valence-electron chi connectivity index (χ4n) is 1.67. The first-order chi connectivity index (χ1) is 7.95. The van der Waals surface area contributed by atoms with E-state index in [0.29, 0.717) is 6.54 Å². The van der Waals surface area contributed by atoms with Crippen LogP contribution in [-0.4, -0.2) is 34.6 Å². The number of hydrogen-bond acceptors (Lipinski definition) is 4. The molecular formula is C12H20N2O2S. The van der Waals surface area contributed by atoms with E-state index in [4.69, 9.17) is 5.11 Å². The molecule has 17 heavy (non-hydrogen) atoms. The lowest BCUT2D eigenvalue weighted by atomic mass is 10.2. The molecule has 0 saturated carbocycles. The Balaban J connectivity index is 2.70. The van der Waals surface area contributed by atoms with Crippen LogP contribution < -0.4 is 0 Å². The fourth-order valence-corrected chi connectivity index (χ4v) is 2.79. The minimum Gasteiger partial charge on any atom is -0.481 e. The number of carboxylic acid groups (broad SMARTS) is 1. The molecule has 1 rings (SSSR count). The number of carboxylic acids is 1. The Morgan fingerprint density at radius 1 is 1.59 bits per heavy atom. The fraction of sp³-hybridized carbons (Fsp3) is 0.667. The summed E-state index contributed by atoms with van der Waals surface area (Å²) < 4.78 is 0. The van der Waals surface area contributed by atoms with Crippen LogP contribution in [0.2, 0.25) is 0 Å². The first-order valence-corrected chi connectivity index (χ1v) is 6.65. The Kier molecular flexibility index (Phi) is 5.08. The number of rotatable bonds is 6. The van der Waals surface area contributed by atoms with E-state index in [1.807, 2.05) is 14.0 Å². The summed E-state index contributed by atoms with van der Waals surface area (Å²) in [7, 11) is 1.96. The average molecular weight is 256 g/mol. The molecule has 0 fully saturated rings. The van der Waals surface area contributed by atoms with Gasteiger partial charge in [0.05, 0.1) is 17.1 Å². The second-order valence-corrected chi connectivity index (χ2v) is 5.33. The van der Waals surface area contributed by atoms with Crippen LogP contribution in [0, 0.1) is 6.92 Å². The third kappa shape index (κ3) is 3.78. The minimum absolute atomic E-state index is 0.180. The van der Waals surface area contributed by atoms with Crippen molar-refractivity contribution in [3.8, 4) is 0 Å². The maximum Gasteiger partial charge on any atom is 0.304 e. The summed E-state index contributed by atoms with van der Waals surface area (Å²) in [6.45, 7) is 6.78. The molecule has 1 unspecified atom stereocenters. The van der Waals surface area contributed by atoms with Gasteiger partial charge in [-0.25, -0.2) is 4.98 Å². The van der Waals surface area contributed by atoms with Gasteiger partial charge in [0.25, 0.3) is 0 Å². The van der Waals surface area contributed by atoms with Gasteiger partial charge in [-0.15, -0.1) is 11.3 Å². The van der Waals surface area contributed by atoms with Gasteiger partial charge in [0, 0.05) is 17.5 Å². The molecule has 0 aromatic carbocycles. The van der Waals surface area contributed by atoms with Crippen molar-refractivity contribution in [2.75, 3.05) is 13.6 Å². The predicted molar refractivity (Wildman–Crippen MR) is 69.5 cm³/mol. The number of aryl methyl sites for hydroxylation is 2. The van der Waals surface area contributed by atoms with Crippen LogP contribution in [0.5, 0.6) is 0 Å². The molecule has 0 aliphatic heterocycles. The third-order valence-electron chi connectivity index (χ3n) is 2.90. The summed E-state index contributed by atoms with van der Waals surface area (Å²) in [5, 5.41) is 9.82. The average Bonchev–Trinajstić information content (AvgIpc) is 2.66. The van der Waals surface area contributed by atoms with Crippen LogP contribution in [0.15, 0.2) is 0 Å². The molecule has 0 bridgehead atoms. The van der Waals surface area contributed by atoms with Gasteiger partial charge in [0.1, 0.15) is 0 Å². The molecule has 0 spiro atoms. The zero-order chi connectivity index (χ0) is 13.0. The molecule has 1 N–H and O–H groups in total. The number of aliphatic carboxylic acids is 1. The van der Waals surface area contributed by atoms with E-state index in [1.165, 1.54) is 4.88 Å². The lowest BCUT2D eigenvalue weighted by molar-refractivity contribution is -0.137. The van der Waals surface area contributed by atoms with Crippen LogP contribution >= 0.6 is 11.3 Å². The molecule has 1 aromatic heterocycles. The second kappa shape index (κ2) is 6.12. The zero-order valence-corrected chi connectivity index (χ0v) is 11.7. The molecule has 4 nitrogen and oxygen atoms in total. The predicted octanol–water partition coefficient (Wildman–Crippen LogP) is 2.48. The number of thiazole rings is 1. The highest BCUT2D eigenvalue weighted by Crippen LogP contribution is 2.28. The van der Waals surface area contributed by atoms with Gasteiger partial charge in [0.2, 0.25) is 0 Å². The normalized spacial score (nSPS) is 13.0. The van der Waals surface area contributed by atoms with E-state index < -0.39 is 5.97 Å². The van der Waals surface area contributed by atoms with E-state index >= 15 is 0 Å². The van der Waals surface area contributed by atoms with Crippen LogP contribution in [0.25, 0.3) is 0 Å². The van der Waals surface area contributed by atoms with E-state index in [9.17, 15) is 4.79 Å². The summed E-state index contributed by atoms with van der Waals surface area (Å²) in [5.41, 5.74) is 1.07. The SMILES string of the molecule is CCc1nc(C)c(C(C)N(C)CCC(=O)O)s1. The summed E-state index contributed by atoms with van der Waals surface area (Å²) >= 11 is 1.73. The lowest BCUT2D eigenvalue weighted by Gasteiger charge is -2.23. The number of aromatic nitrogens is 1. The molecule has 0 aliphatic carbocycles. The van der Waals surface area contributed by atoms with E-state index in [1.54, 1.807) is 11.3 Å². The van der Waals surface area contributed by atoms with Crippen molar-refractivity contribution in [3.63, 3.8) is 0 Å². The van der Waals surface area contributed by atoms with Crippen molar-refractivity contribution in [3.05, 3.63) is 15.6 Å². The van der Waals surface area contributed by atoms with Gasteiger partial charge < -0.3 is 5.11 Å². The highest BCUT2D eigenvalue weighted by Gasteiger charge is 2.18. The molecule has 96 valence electrons. The van der Waals surface area contributed by atoms with Crippen molar-refractivity contribution in [2.24, 2.45) is 0 Å². The molecule has 1 heterocycles. The maximum atomic E-state index is 10.5. The van der Waals surface area contributed by atoms with E-state index in [-0.39, 0.29) is 12.5 Å². The molecule has 0 radical (unpaired) electrons. The first kappa shape index (κ1) is 14.1. The third-order valence-corrected chi connectivity index (χ3v) is 4.37. The van der Waals surface area contributed by atoms with Crippen LogP contribution in [0.3, 0.4) is 0 Å². The van der Waals surface area contributed by atoms with Crippen molar-refractivity contribution in [1.29, 1.82) is 0 Å². The number of hydrogen-bond donors (Lipinski definition) is 1. The Bertz CT molecular complexity index is 390. The van der Waals surface area contributed by atoms with Crippen LogP contribution in [0.4, 0.5) is 0 Å². The van der Waals surface area contributed by atoms with Crippen molar-refractivity contribution in [2.45, 2.75) is 39.7 Å². The Morgan fingerprint density at radius 3 is 2.71 bits per heavy atom. The van der Waals surface area contributed by atoms with E-state index in [0.717, 1.165) is 17.1 Å². The van der Waals surface area contributed by atoms with Gasteiger partial charge in [0.15, 0.2) is 0 Å². The Hall–Kier alpha value is -0.940. The van der Waals surface area contributed by atoms with Gasteiger partial charge in [-0.05, 0) is 27.3 Å². The maximum absolute atomic E-state index is 10.5. The zero-order valence-electron chi connectivity index (χ0n) is 10.9.